The van der Waals surface area contributed by atoms with E-state index in [1.54, 1.807) is 0 Å². The third-order valence-corrected chi connectivity index (χ3v) is 2.42. The smallest absolute Gasteiger partial charge is 0.143 e. The van der Waals surface area contributed by atoms with Crippen LogP contribution in [0.1, 0.15) is 5.76 Å². The molecule has 0 aliphatic rings. The standard InChI is InChI=1S/C12H9NO/c1-8-2-3-9-4-5-11-10(6-7-13-11)12(9)14-8/h2-7H,1H3. The molecule has 0 saturated heterocycles. The van der Waals surface area contributed by atoms with Crippen LogP contribution in [-0.2, 0) is 0 Å². The van der Waals surface area contributed by atoms with E-state index in [4.69, 9.17) is 4.42 Å². The van der Waals surface area contributed by atoms with E-state index in [-0.39, 0.29) is 0 Å². The van der Waals surface area contributed by atoms with Gasteiger partial charge in [-0.25, -0.2) is 0 Å². The van der Waals surface area contributed by atoms with Gasteiger partial charge in [0.2, 0.25) is 0 Å². The van der Waals surface area contributed by atoms with Crippen LogP contribution in [0.15, 0.2) is 40.9 Å². The van der Waals surface area contributed by atoms with Crippen LogP contribution in [-0.4, -0.2) is 4.98 Å². The summed E-state index contributed by atoms with van der Waals surface area (Å²) in [6.45, 7) is 1.95. The molecule has 0 N–H and O–H groups in total. The minimum Gasteiger partial charge on any atom is -0.461 e. The quantitative estimate of drug-likeness (QED) is 0.534. The second-order valence-corrected chi connectivity index (χ2v) is 3.41. The summed E-state index contributed by atoms with van der Waals surface area (Å²) in [7, 11) is 0. The number of rotatable bonds is 0. The molecule has 0 aliphatic heterocycles. The molecular weight excluding hydrogens is 174 g/mol. The van der Waals surface area contributed by atoms with Gasteiger partial charge in [-0.3, -0.25) is 4.98 Å². The van der Waals surface area contributed by atoms with Crippen molar-refractivity contribution in [2.75, 3.05) is 0 Å². The molecule has 0 radical (unpaired) electrons. The van der Waals surface area contributed by atoms with E-state index in [1.807, 2.05) is 37.4 Å². The Morgan fingerprint density at radius 1 is 1.07 bits per heavy atom. The number of nitrogens with zero attached hydrogens (tertiary/aromatic N) is 1. The van der Waals surface area contributed by atoms with Crippen LogP contribution in [0.4, 0.5) is 0 Å². The third-order valence-electron chi connectivity index (χ3n) is 2.42. The van der Waals surface area contributed by atoms with E-state index >= 15 is 0 Å². The first-order valence-electron chi connectivity index (χ1n) is 4.58. The number of fused-ring (bicyclic) bond motifs is 3. The fourth-order valence-electron chi connectivity index (χ4n) is 1.72. The first kappa shape index (κ1) is 7.56. The minimum atomic E-state index is 0.922. The lowest BCUT2D eigenvalue weighted by molar-refractivity contribution is 0.569. The molecule has 3 aromatic rings. The van der Waals surface area contributed by atoms with E-state index in [0.29, 0.717) is 0 Å². The summed E-state index contributed by atoms with van der Waals surface area (Å²) in [4.78, 5) is 4.24. The van der Waals surface area contributed by atoms with Crippen LogP contribution < -0.4 is 0 Å². The summed E-state index contributed by atoms with van der Waals surface area (Å²) in [6.07, 6.45) is 1.81. The zero-order chi connectivity index (χ0) is 9.54. The van der Waals surface area contributed by atoms with Crippen LogP contribution >= 0.6 is 0 Å². The lowest BCUT2D eigenvalue weighted by atomic mass is 10.1. The second-order valence-electron chi connectivity index (χ2n) is 3.41. The predicted octanol–water partition coefficient (Wildman–Crippen LogP) is 3.29. The Balaban J connectivity index is 2.60. The molecule has 0 unspecified atom stereocenters. The van der Waals surface area contributed by atoms with Gasteiger partial charge in [0.05, 0.1) is 5.52 Å². The summed E-state index contributed by atoms with van der Waals surface area (Å²) in [5.41, 5.74) is 1.92. The molecule has 0 amide bonds. The number of hydrogen-bond donors (Lipinski definition) is 0. The molecule has 2 nitrogen and oxygen atoms in total. The maximum absolute atomic E-state index is 5.69. The molecule has 2 heteroatoms. The number of aryl methyl sites for hydroxylation is 1. The van der Waals surface area contributed by atoms with Crippen molar-refractivity contribution in [1.29, 1.82) is 0 Å². The van der Waals surface area contributed by atoms with Crippen molar-refractivity contribution in [3.8, 4) is 0 Å². The normalized spacial score (nSPS) is 11.2. The Morgan fingerprint density at radius 3 is 2.86 bits per heavy atom. The van der Waals surface area contributed by atoms with Gasteiger partial charge in [-0.15, -0.1) is 0 Å². The van der Waals surface area contributed by atoms with Gasteiger partial charge < -0.3 is 4.42 Å². The highest BCUT2D eigenvalue weighted by molar-refractivity contribution is 6.02. The fraction of sp³-hybridized carbons (Fsp3) is 0.0833. The first-order valence-corrected chi connectivity index (χ1v) is 4.58. The second kappa shape index (κ2) is 2.58. The predicted molar refractivity (Wildman–Crippen MR) is 56.3 cm³/mol. The van der Waals surface area contributed by atoms with Crippen LogP contribution in [0.25, 0.3) is 21.9 Å². The SMILES string of the molecule is Cc1ccc2ccc3nccc3c2o1. The van der Waals surface area contributed by atoms with Crippen LogP contribution in [0.3, 0.4) is 0 Å². The lowest BCUT2D eigenvalue weighted by Crippen LogP contribution is -1.76. The third kappa shape index (κ3) is 0.940. The summed E-state index contributed by atoms with van der Waals surface area (Å²) >= 11 is 0. The first-order chi connectivity index (χ1) is 6.84. The molecule has 0 bridgehead atoms. The van der Waals surface area contributed by atoms with Gasteiger partial charge >= 0.3 is 0 Å². The van der Waals surface area contributed by atoms with E-state index < -0.39 is 0 Å². The molecule has 1 aromatic carbocycles. The van der Waals surface area contributed by atoms with E-state index in [2.05, 4.69) is 11.1 Å². The van der Waals surface area contributed by atoms with Crippen LogP contribution in [0.5, 0.6) is 0 Å². The van der Waals surface area contributed by atoms with Gasteiger partial charge in [-0.05, 0) is 37.3 Å². The van der Waals surface area contributed by atoms with E-state index in [0.717, 1.165) is 27.6 Å². The van der Waals surface area contributed by atoms with Crippen molar-refractivity contribution in [2.24, 2.45) is 0 Å². The van der Waals surface area contributed by atoms with Gasteiger partial charge in [0, 0.05) is 17.0 Å². The van der Waals surface area contributed by atoms with Crippen molar-refractivity contribution in [2.45, 2.75) is 6.92 Å². The maximum atomic E-state index is 5.69. The molecule has 2 aromatic heterocycles. The number of benzene rings is 1. The summed E-state index contributed by atoms with van der Waals surface area (Å²) < 4.78 is 5.69. The van der Waals surface area contributed by atoms with Crippen molar-refractivity contribution in [3.63, 3.8) is 0 Å². The van der Waals surface area contributed by atoms with E-state index in [1.165, 1.54) is 0 Å². The average Bonchev–Trinajstić information content (AvgIpc) is 2.65. The largest absolute Gasteiger partial charge is 0.461 e. The molecule has 0 aliphatic carbocycles. The van der Waals surface area contributed by atoms with Gasteiger partial charge in [-0.2, -0.15) is 0 Å². The Hall–Kier alpha value is -1.83. The summed E-state index contributed by atoms with van der Waals surface area (Å²) in [6, 6.07) is 10.1. The molecular formula is C12H9NO. The Morgan fingerprint density at radius 2 is 1.93 bits per heavy atom. The van der Waals surface area contributed by atoms with Crippen LogP contribution in [0.2, 0.25) is 0 Å². The fourth-order valence-corrected chi connectivity index (χ4v) is 1.72. The summed E-state index contributed by atoms with van der Waals surface area (Å²) in [5.74, 6) is 0.922. The zero-order valence-corrected chi connectivity index (χ0v) is 7.82. The average molecular weight is 183 g/mol. The zero-order valence-electron chi connectivity index (χ0n) is 7.82. The molecule has 14 heavy (non-hydrogen) atoms. The Kier molecular flexibility index (Phi) is 1.39. The van der Waals surface area contributed by atoms with Gasteiger partial charge in [0.15, 0.2) is 0 Å². The Bertz CT molecular complexity index is 610. The number of hydrogen-bond acceptors (Lipinski definition) is 2. The van der Waals surface area contributed by atoms with Crippen LogP contribution in [0, 0.1) is 6.92 Å². The van der Waals surface area contributed by atoms with Gasteiger partial charge in [0.1, 0.15) is 11.3 Å². The topological polar surface area (TPSA) is 26.0 Å². The highest BCUT2D eigenvalue weighted by atomic mass is 16.3. The van der Waals surface area contributed by atoms with Crippen molar-refractivity contribution >= 4 is 21.9 Å². The molecule has 3 rings (SSSR count). The molecule has 0 saturated carbocycles. The van der Waals surface area contributed by atoms with Crippen molar-refractivity contribution in [1.82, 2.24) is 4.98 Å². The highest BCUT2D eigenvalue weighted by Crippen LogP contribution is 2.25. The minimum absolute atomic E-state index is 0.922. The molecule has 2 heterocycles. The van der Waals surface area contributed by atoms with Crippen molar-refractivity contribution in [3.05, 3.63) is 42.3 Å². The molecule has 0 fully saturated rings. The Labute approximate surface area is 81.2 Å². The molecule has 0 atom stereocenters. The summed E-state index contributed by atoms with van der Waals surface area (Å²) in [5, 5.41) is 2.21. The van der Waals surface area contributed by atoms with Gasteiger partial charge in [0.25, 0.3) is 0 Å². The molecule has 68 valence electrons. The molecule has 0 spiro atoms. The number of aromatic nitrogens is 1. The van der Waals surface area contributed by atoms with Gasteiger partial charge in [-0.1, -0.05) is 0 Å². The highest BCUT2D eigenvalue weighted by Gasteiger charge is 2.03. The van der Waals surface area contributed by atoms with E-state index in [9.17, 15) is 0 Å². The monoisotopic (exact) mass is 183 g/mol. The maximum Gasteiger partial charge on any atom is 0.143 e. The van der Waals surface area contributed by atoms with Crippen molar-refractivity contribution < 1.29 is 4.42 Å². The lowest BCUT2D eigenvalue weighted by Gasteiger charge is -1.99.